The lowest BCUT2D eigenvalue weighted by atomic mass is 10.0. The number of aliphatic hydroxyl groups is 1. The van der Waals surface area contributed by atoms with Crippen molar-refractivity contribution in [3.8, 4) is 0 Å². The zero-order valence-corrected chi connectivity index (χ0v) is 39.5. The van der Waals surface area contributed by atoms with Crippen LogP contribution in [0.15, 0.2) is 12.2 Å². The van der Waals surface area contributed by atoms with E-state index >= 15 is 0 Å². The molecule has 0 bridgehead atoms. The van der Waals surface area contributed by atoms with Crippen molar-refractivity contribution in [2.75, 3.05) is 40.9 Å². The third-order valence-corrected chi connectivity index (χ3v) is 12.2. The zero-order chi connectivity index (χ0) is 42.1. The highest BCUT2D eigenvalue weighted by molar-refractivity contribution is 7.45. The highest BCUT2D eigenvalue weighted by atomic mass is 31.2. The summed E-state index contributed by atoms with van der Waals surface area (Å²) in [4.78, 5) is 24.8. The van der Waals surface area contributed by atoms with Crippen LogP contribution >= 0.6 is 7.82 Å². The topological polar surface area (TPSA) is 108 Å². The molecule has 57 heavy (non-hydrogen) atoms. The molecule has 2 N–H and O–H groups in total. The molecule has 0 aliphatic rings. The number of aliphatic hydroxyl groups excluding tert-OH is 1. The molecule has 3 atom stereocenters. The van der Waals surface area contributed by atoms with Crippen LogP contribution in [0.4, 0.5) is 0 Å². The summed E-state index contributed by atoms with van der Waals surface area (Å²) >= 11 is 0. The summed E-state index contributed by atoms with van der Waals surface area (Å²) in [7, 11) is 1.26. The van der Waals surface area contributed by atoms with E-state index in [2.05, 4.69) is 19.2 Å². The third-order valence-electron chi connectivity index (χ3n) is 11.2. The molecule has 3 unspecified atom stereocenters. The average Bonchev–Trinajstić information content (AvgIpc) is 3.16. The minimum absolute atomic E-state index is 0.000474. The standard InChI is InChI=1S/C48H97N2O6P/c1-6-8-10-11-12-13-14-15-16-17-18-19-20-21-22-23-24-25-26-27-28-29-30-31-32-33-34-35-36-37-38-40-41-47(51)46(49-48(52)42-39-9-7-2)45-56-57(53,54)55-44-43-50(3,4)5/h40-41,46-47,51H,6-39,42-45H2,1-5H3,(H-,49,52,53,54)/b41-40+. The van der Waals surface area contributed by atoms with E-state index < -0.39 is 20.0 Å². The van der Waals surface area contributed by atoms with Gasteiger partial charge in [0.15, 0.2) is 0 Å². The lowest BCUT2D eigenvalue weighted by Crippen LogP contribution is -2.45. The maximum Gasteiger partial charge on any atom is 0.268 e. The van der Waals surface area contributed by atoms with Crippen LogP contribution in [0.1, 0.15) is 239 Å². The molecule has 0 aliphatic heterocycles. The van der Waals surface area contributed by atoms with E-state index in [0.717, 1.165) is 38.5 Å². The number of hydrogen-bond acceptors (Lipinski definition) is 6. The van der Waals surface area contributed by atoms with Crippen molar-refractivity contribution in [2.24, 2.45) is 0 Å². The van der Waals surface area contributed by atoms with Gasteiger partial charge in [-0.25, -0.2) is 0 Å². The van der Waals surface area contributed by atoms with E-state index in [0.29, 0.717) is 17.4 Å². The van der Waals surface area contributed by atoms with Crippen LogP contribution in [-0.4, -0.2) is 68.5 Å². The largest absolute Gasteiger partial charge is 0.756 e. The van der Waals surface area contributed by atoms with E-state index in [4.69, 9.17) is 9.05 Å². The molecule has 9 heteroatoms. The van der Waals surface area contributed by atoms with Crippen molar-refractivity contribution in [3.05, 3.63) is 12.2 Å². The Balaban J connectivity index is 3.77. The van der Waals surface area contributed by atoms with Gasteiger partial charge in [0.05, 0.1) is 39.9 Å². The minimum atomic E-state index is -4.56. The van der Waals surface area contributed by atoms with E-state index in [1.807, 2.05) is 27.2 Å². The average molecular weight is 829 g/mol. The van der Waals surface area contributed by atoms with Crippen LogP contribution in [-0.2, 0) is 18.4 Å². The molecule has 340 valence electrons. The first-order chi connectivity index (χ1) is 27.5. The predicted molar refractivity (Wildman–Crippen MR) is 242 cm³/mol. The molecule has 0 aromatic carbocycles. The second kappa shape index (κ2) is 40.6. The number of carbonyl (C=O) groups is 1. The molecule has 0 aromatic rings. The Morgan fingerprint density at radius 3 is 1.32 bits per heavy atom. The van der Waals surface area contributed by atoms with Crippen LogP contribution in [0.5, 0.6) is 0 Å². The van der Waals surface area contributed by atoms with Gasteiger partial charge in [0.2, 0.25) is 5.91 Å². The molecule has 0 heterocycles. The van der Waals surface area contributed by atoms with Gasteiger partial charge in [-0.1, -0.05) is 225 Å². The summed E-state index contributed by atoms with van der Waals surface area (Å²) < 4.78 is 22.9. The van der Waals surface area contributed by atoms with Crippen molar-refractivity contribution < 1.29 is 32.9 Å². The number of rotatable bonds is 45. The second-order valence-electron chi connectivity index (χ2n) is 18.2. The molecular formula is C48H97N2O6P. The number of hydrogen-bond donors (Lipinski definition) is 2. The summed E-state index contributed by atoms with van der Waals surface area (Å²) in [5, 5.41) is 13.6. The van der Waals surface area contributed by atoms with Gasteiger partial charge in [-0.05, 0) is 19.3 Å². The number of unbranched alkanes of at least 4 members (excludes halogenated alkanes) is 32. The van der Waals surface area contributed by atoms with Gasteiger partial charge in [-0.3, -0.25) is 9.36 Å². The van der Waals surface area contributed by atoms with Crippen LogP contribution < -0.4 is 10.2 Å². The van der Waals surface area contributed by atoms with Crippen LogP contribution in [0.2, 0.25) is 0 Å². The van der Waals surface area contributed by atoms with E-state index in [1.165, 1.54) is 180 Å². The summed E-state index contributed by atoms with van der Waals surface area (Å²) in [5.74, 6) is -0.220. The summed E-state index contributed by atoms with van der Waals surface area (Å²) in [6.07, 6.45) is 48.2. The van der Waals surface area contributed by atoms with Crippen LogP contribution in [0, 0.1) is 0 Å². The van der Waals surface area contributed by atoms with E-state index in [1.54, 1.807) is 6.08 Å². The quantitative estimate of drug-likeness (QED) is 0.0274. The molecular weight excluding hydrogens is 732 g/mol. The number of likely N-dealkylation sites (N-methyl/N-ethyl adjacent to an activating group) is 1. The Kier molecular flexibility index (Phi) is 40.1. The summed E-state index contributed by atoms with van der Waals surface area (Å²) in [6.45, 7) is 4.48. The van der Waals surface area contributed by atoms with Crippen molar-refractivity contribution in [1.82, 2.24) is 5.32 Å². The lowest BCUT2D eigenvalue weighted by Gasteiger charge is -2.29. The molecule has 1 amide bonds. The second-order valence-corrected chi connectivity index (χ2v) is 19.6. The van der Waals surface area contributed by atoms with Crippen molar-refractivity contribution in [1.29, 1.82) is 0 Å². The number of nitrogens with zero attached hydrogens (tertiary/aromatic N) is 1. The normalized spacial score (nSPS) is 14.3. The zero-order valence-electron chi connectivity index (χ0n) is 38.6. The SMILES string of the molecule is CCCCCCCCCCCCCCCCCCCCCCCCCCCCCCCC/C=C/C(O)C(COP(=O)([O-])OCC[N+](C)(C)C)NC(=O)CCCCC. The highest BCUT2D eigenvalue weighted by Crippen LogP contribution is 2.38. The smallest absolute Gasteiger partial charge is 0.268 e. The monoisotopic (exact) mass is 829 g/mol. The molecule has 0 fully saturated rings. The Morgan fingerprint density at radius 1 is 0.596 bits per heavy atom. The number of phosphoric acid groups is 1. The summed E-state index contributed by atoms with van der Waals surface area (Å²) in [5.41, 5.74) is 0. The number of phosphoric ester groups is 1. The predicted octanol–water partition coefficient (Wildman–Crippen LogP) is 13.3. The molecule has 0 aromatic heterocycles. The molecule has 0 aliphatic carbocycles. The van der Waals surface area contributed by atoms with Crippen molar-refractivity contribution in [2.45, 2.75) is 251 Å². The first-order valence-corrected chi connectivity index (χ1v) is 26.0. The van der Waals surface area contributed by atoms with Gasteiger partial charge in [0.1, 0.15) is 13.2 Å². The molecule has 0 rings (SSSR count). The molecule has 0 saturated heterocycles. The maximum atomic E-state index is 12.5. The van der Waals surface area contributed by atoms with Gasteiger partial charge in [0.25, 0.3) is 7.82 Å². The first kappa shape index (κ1) is 56.2. The van der Waals surface area contributed by atoms with Crippen molar-refractivity contribution in [3.63, 3.8) is 0 Å². The number of nitrogens with one attached hydrogen (secondary N) is 1. The fourth-order valence-corrected chi connectivity index (χ4v) is 8.05. The van der Waals surface area contributed by atoms with Gasteiger partial charge >= 0.3 is 0 Å². The fourth-order valence-electron chi connectivity index (χ4n) is 7.33. The number of carbonyl (C=O) groups excluding carboxylic acids is 1. The van der Waals surface area contributed by atoms with E-state index in [-0.39, 0.29) is 19.1 Å². The highest BCUT2D eigenvalue weighted by Gasteiger charge is 2.23. The number of quaternary nitrogens is 1. The Bertz CT molecular complexity index is 942. The Hall–Kier alpha value is -0.760. The van der Waals surface area contributed by atoms with Crippen LogP contribution in [0.3, 0.4) is 0 Å². The third kappa shape index (κ3) is 43.1. The summed E-state index contributed by atoms with van der Waals surface area (Å²) in [6, 6.07) is -0.877. The molecule has 0 spiro atoms. The lowest BCUT2D eigenvalue weighted by molar-refractivity contribution is -0.870. The maximum absolute atomic E-state index is 12.5. The Morgan fingerprint density at radius 2 is 0.947 bits per heavy atom. The van der Waals surface area contributed by atoms with Gasteiger partial charge < -0.3 is 28.8 Å². The Labute approximate surface area is 354 Å². The van der Waals surface area contributed by atoms with Gasteiger partial charge in [0, 0.05) is 6.42 Å². The van der Waals surface area contributed by atoms with Gasteiger partial charge in [-0.2, -0.15) is 0 Å². The van der Waals surface area contributed by atoms with Gasteiger partial charge in [-0.15, -0.1) is 0 Å². The fraction of sp³-hybridized carbons (Fsp3) is 0.938. The molecule has 0 saturated carbocycles. The first-order valence-electron chi connectivity index (χ1n) is 24.6. The number of allylic oxidation sites excluding steroid dienone is 1. The molecule has 0 radical (unpaired) electrons. The molecule has 8 nitrogen and oxygen atoms in total. The van der Waals surface area contributed by atoms with Crippen LogP contribution in [0.25, 0.3) is 0 Å². The minimum Gasteiger partial charge on any atom is -0.756 e. The van der Waals surface area contributed by atoms with E-state index in [9.17, 15) is 19.4 Å². The van der Waals surface area contributed by atoms with Crippen molar-refractivity contribution >= 4 is 13.7 Å². The number of amides is 1.